The van der Waals surface area contributed by atoms with Crippen LogP contribution in [0.4, 0.5) is 11.4 Å². The van der Waals surface area contributed by atoms with Crippen LogP contribution < -0.4 is 15.2 Å². The summed E-state index contributed by atoms with van der Waals surface area (Å²) in [7, 11) is -2.13. The van der Waals surface area contributed by atoms with Gasteiger partial charge in [0.25, 0.3) is 10.0 Å². The average molecular weight is 292 g/mol. The highest BCUT2D eigenvalue weighted by Gasteiger charge is 2.17. The fourth-order valence-electron chi connectivity index (χ4n) is 1.88. The van der Waals surface area contributed by atoms with Crippen LogP contribution in [0.15, 0.2) is 47.4 Å². The van der Waals surface area contributed by atoms with Gasteiger partial charge in [0.15, 0.2) is 0 Å². The van der Waals surface area contributed by atoms with Gasteiger partial charge in [-0.05, 0) is 42.8 Å². The van der Waals surface area contributed by atoms with Crippen LogP contribution >= 0.6 is 0 Å². The van der Waals surface area contributed by atoms with Crippen molar-refractivity contribution in [3.8, 4) is 5.75 Å². The Kier molecular flexibility index (Phi) is 3.85. The summed E-state index contributed by atoms with van der Waals surface area (Å²) in [6.07, 6.45) is 0. The van der Waals surface area contributed by atoms with E-state index in [-0.39, 0.29) is 10.6 Å². The van der Waals surface area contributed by atoms with Gasteiger partial charge in [0, 0.05) is 5.69 Å². The Bertz CT molecular complexity index is 727. The zero-order chi connectivity index (χ0) is 14.8. The SMILES string of the molecule is COc1ccc(NS(=O)(=O)c2ccccc2N)cc1C. The van der Waals surface area contributed by atoms with Crippen LogP contribution in [0, 0.1) is 6.92 Å². The van der Waals surface area contributed by atoms with E-state index in [1.54, 1.807) is 43.5 Å². The van der Waals surface area contributed by atoms with E-state index in [0.29, 0.717) is 11.4 Å². The van der Waals surface area contributed by atoms with E-state index in [4.69, 9.17) is 10.5 Å². The van der Waals surface area contributed by atoms with Gasteiger partial charge in [-0.1, -0.05) is 12.1 Å². The zero-order valence-corrected chi connectivity index (χ0v) is 12.1. The Morgan fingerprint density at radius 3 is 2.45 bits per heavy atom. The number of nitrogens with two attached hydrogens (primary N) is 1. The molecule has 0 unspecified atom stereocenters. The lowest BCUT2D eigenvalue weighted by Gasteiger charge is -2.11. The highest BCUT2D eigenvalue weighted by Crippen LogP contribution is 2.25. The van der Waals surface area contributed by atoms with Gasteiger partial charge >= 0.3 is 0 Å². The molecule has 2 aromatic carbocycles. The van der Waals surface area contributed by atoms with Crippen molar-refractivity contribution in [3.63, 3.8) is 0 Å². The second kappa shape index (κ2) is 5.42. The normalized spacial score (nSPS) is 11.1. The molecular formula is C14H16N2O3S. The monoisotopic (exact) mass is 292 g/mol. The molecule has 2 aromatic rings. The summed E-state index contributed by atoms with van der Waals surface area (Å²) in [5.74, 6) is 0.701. The van der Waals surface area contributed by atoms with Gasteiger partial charge in [-0.3, -0.25) is 4.72 Å². The molecule has 20 heavy (non-hydrogen) atoms. The van der Waals surface area contributed by atoms with E-state index in [0.717, 1.165) is 5.56 Å². The summed E-state index contributed by atoms with van der Waals surface area (Å²) in [6.45, 7) is 1.84. The van der Waals surface area contributed by atoms with Crippen LogP contribution in [0.3, 0.4) is 0 Å². The molecule has 6 heteroatoms. The molecule has 0 bridgehead atoms. The van der Waals surface area contributed by atoms with Crippen molar-refractivity contribution in [2.24, 2.45) is 0 Å². The Labute approximate surface area is 118 Å². The number of nitrogens with one attached hydrogen (secondary N) is 1. The molecule has 0 radical (unpaired) electrons. The summed E-state index contributed by atoms with van der Waals surface area (Å²) in [4.78, 5) is 0.0634. The van der Waals surface area contributed by atoms with Crippen molar-refractivity contribution in [3.05, 3.63) is 48.0 Å². The Morgan fingerprint density at radius 2 is 1.85 bits per heavy atom. The van der Waals surface area contributed by atoms with E-state index < -0.39 is 10.0 Å². The Morgan fingerprint density at radius 1 is 1.15 bits per heavy atom. The van der Waals surface area contributed by atoms with Crippen molar-refractivity contribution in [2.75, 3.05) is 17.6 Å². The van der Waals surface area contributed by atoms with Crippen molar-refractivity contribution < 1.29 is 13.2 Å². The molecule has 5 nitrogen and oxygen atoms in total. The average Bonchev–Trinajstić information content (AvgIpc) is 2.38. The molecule has 0 aliphatic carbocycles. The van der Waals surface area contributed by atoms with Gasteiger partial charge in [-0.2, -0.15) is 0 Å². The van der Waals surface area contributed by atoms with Crippen LogP contribution in [0.1, 0.15) is 5.56 Å². The van der Waals surface area contributed by atoms with E-state index in [1.807, 2.05) is 6.92 Å². The molecule has 0 aliphatic heterocycles. The number of nitrogen functional groups attached to an aromatic ring is 1. The van der Waals surface area contributed by atoms with Gasteiger partial charge in [0.1, 0.15) is 10.6 Å². The fourth-order valence-corrected chi connectivity index (χ4v) is 3.06. The highest BCUT2D eigenvalue weighted by atomic mass is 32.2. The smallest absolute Gasteiger partial charge is 0.263 e. The molecule has 0 heterocycles. The minimum absolute atomic E-state index is 0.0634. The van der Waals surface area contributed by atoms with E-state index >= 15 is 0 Å². The lowest BCUT2D eigenvalue weighted by atomic mass is 10.2. The molecule has 0 saturated heterocycles. The second-order valence-electron chi connectivity index (χ2n) is 4.33. The van der Waals surface area contributed by atoms with E-state index in [2.05, 4.69) is 4.72 Å². The summed E-state index contributed by atoms with van der Waals surface area (Å²) in [5.41, 5.74) is 7.22. The number of hydrogen-bond acceptors (Lipinski definition) is 4. The maximum Gasteiger partial charge on any atom is 0.263 e. The number of para-hydroxylation sites is 1. The molecular weight excluding hydrogens is 276 g/mol. The molecule has 2 rings (SSSR count). The molecule has 106 valence electrons. The molecule has 0 fully saturated rings. The number of benzene rings is 2. The van der Waals surface area contributed by atoms with E-state index in [9.17, 15) is 8.42 Å². The van der Waals surface area contributed by atoms with Crippen molar-refractivity contribution in [2.45, 2.75) is 11.8 Å². The maximum absolute atomic E-state index is 12.3. The second-order valence-corrected chi connectivity index (χ2v) is 5.98. The van der Waals surface area contributed by atoms with Crippen LogP contribution in [-0.4, -0.2) is 15.5 Å². The maximum atomic E-state index is 12.3. The van der Waals surface area contributed by atoms with E-state index in [1.165, 1.54) is 6.07 Å². The molecule has 0 amide bonds. The topological polar surface area (TPSA) is 81.4 Å². The third-order valence-electron chi connectivity index (χ3n) is 2.86. The standard InChI is InChI=1S/C14H16N2O3S/c1-10-9-11(7-8-13(10)19-2)16-20(17,18)14-6-4-3-5-12(14)15/h3-9,16H,15H2,1-2H3. The summed E-state index contributed by atoms with van der Waals surface area (Å²) in [6, 6.07) is 11.4. The molecule has 0 spiro atoms. The number of sulfonamides is 1. The third-order valence-corrected chi connectivity index (χ3v) is 4.31. The first-order valence-electron chi connectivity index (χ1n) is 5.96. The number of ether oxygens (including phenoxy) is 1. The minimum Gasteiger partial charge on any atom is -0.496 e. The first-order valence-corrected chi connectivity index (χ1v) is 7.44. The molecule has 0 saturated carbocycles. The number of rotatable bonds is 4. The van der Waals surface area contributed by atoms with Crippen LogP contribution in [-0.2, 0) is 10.0 Å². The summed E-state index contributed by atoms with van der Waals surface area (Å²) >= 11 is 0. The molecule has 0 aliphatic rings. The predicted molar refractivity (Wildman–Crippen MR) is 79.4 cm³/mol. The summed E-state index contributed by atoms with van der Waals surface area (Å²) < 4.78 is 32.2. The van der Waals surface area contributed by atoms with Crippen molar-refractivity contribution in [1.82, 2.24) is 0 Å². The quantitative estimate of drug-likeness (QED) is 0.848. The van der Waals surface area contributed by atoms with Gasteiger partial charge in [-0.25, -0.2) is 8.42 Å². The van der Waals surface area contributed by atoms with Gasteiger partial charge in [0.05, 0.1) is 12.8 Å². The largest absolute Gasteiger partial charge is 0.496 e. The number of aryl methyl sites for hydroxylation is 1. The zero-order valence-electron chi connectivity index (χ0n) is 11.3. The van der Waals surface area contributed by atoms with Gasteiger partial charge in [0.2, 0.25) is 0 Å². The summed E-state index contributed by atoms with van der Waals surface area (Å²) in [5, 5.41) is 0. The van der Waals surface area contributed by atoms with Crippen LogP contribution in [0.2, 0.25) is 0 Å². The Balaban J connectivity index is 2.34. The minimum atomic E-state index is -3.70. The predicted octanol–water partition coefficient (Wildman–Crippen LogP) is 2.39. The first kappa shape index (κ1) is 14.2. The molecule has 0 atom stereocenters. The first-order chi connectivity index (χ1) is 9.44. The number of methoxy groups -OCH3 is 1. The fraction of sp³-hybridized carbons (Fsp3) is 0.143. The van der Waals surface area contributed by atoms with Gasteiger partial charge < -0.3 is 10.5 Å². The third kappa shape index (κ3) is 2.85. The Hall–Kier alpha value is -2.21. The number of hydrogen-bond donors (Lipinski definition) is 2. The number of anilines is 2. The van der Waals surface area contributed by atoms with Crippen LogP contribution in [0.25, 0.3) is 0 Å². The van der Waals surface area contributed by atoms with Crippen molar-refractivity contribution in [1.29, 1.82) is 0 Å². The molecule has 3 N–H and O–H groups in total. The van der Waals surface area contributed by atoms with Crippen LogP contribution in [0.5, 0.6) is 5.75 Å². The van der Waals surface area contributed by atoms with Crippen molar-refractivity contribution >= 4 is 21.4 Å². The van der Waals surface area contributed by atoms with Gasteiger partial charge in [-0.15, -0.1) is 0 Å². The molecule has 0 aromatic heterocycles. The lowest BCUT2D eigenvalue weighted by molar-refractivity contribution is 0.412. The lowest BCUT2D eigenvalue weighted by Crippen LogP contribution is -2.14. The highest BCUT2D eigenvalue weighted by molar-refractivity contribution is 7.92.